The molecule has 2 rings (SSSR count). The molecule has 1 aliphatic heterocycles. The van der Waals surface area contributed by atoms with Crippen molar-refractivity contribution < 1.29 is 37.3 Å². The first-order chi connectivity index (χ1) is 11.7. The van der Waals surface area contributed by atoms with E-state index in [1.165, 1.54) is 23.1 Å². The lowest BCUT2D eigenvalue weighted by Crippen LogP contribution is -2.37. The third-order valence-electron chi connectivity index (χ3n) is 4.12. The molecule has 1 heterocycles. The highest BCUT2D eigenvalue weighted by Crippen LogP contribution is 2.31. The van der Waals surface area contributed by atoms with Crippen LogP contribution in [0, 0.1) is 0 Å². The molecule has 1 aromatic rings. The lowest BCUT2D eigenvalue weighted by molar-refractivity contribution is -0.253. The van der Waals surface area contributed by atoms with Crippen molar-refractivity contribution in [2.75, 3.05) is 19.7 Å². The van der Waals surface area contributed by atoms with E-state index in [1.807, 2.05) is 0 Å². The number of benzene rings is 1. The molecule has 5 nitrogen and oxygen atoms in total. The maximum Gasteiger partial charge on any atom is 0.461 e. The molecule has 140 valence electrons. The molecular formula is C16H19F4NO4. The van der Waals surface area contributed by atoms with Gasteiger partial charge in [0.15, 0.2) is 0 Å². The number of alkyl halides is 4. The van der Waals surface area contributed by atoms with Crippen molar-refractivity contribution in [1.82, 2.24) is 4.90 Å². The average Bonchev–Trinajstić information content (AvgIpc) is 2.77. The van der Waals surface area contributed by atoms with Crippen LogP contribution in [0.4, 0.5) is 17.6 Å². The van der Waals surface area contributed by atoms with Gasteiger partial charge in [0.1, 0.15) is 5.75 Å². The van der Waals surface area contributed by atoms with Crippen molar-refractivity contribution in [3.63, 3.8) is 0 Å². The first-order valence-electron chi connectivity index (χ1n) is 7.75. The van der Waals surface area contributed by atoms with Crippen LogP contribution in [-0.2, 0) is 0 Å². The minimum atomic E-state index is -4.72. The van der Waals surface area contributed by atoms with Crippen LogP contribution in [0.5, 0.6) is 5.75 Å². The average molecular weight is 365 g/mol. The van der Waals surface area contributed by atoms with Gasteiger partial charge in [-0.15, -0.1) is 0 Å². The lowest BCUT2D eigenvalue weighted by atomic mass is 9.96. The number of carbonyl (C=O) groups excluding carboxylic acids is 1. The van der Waals surface area contributed by atoms with Crippen molar-refractivity contribution >= 4 is 5.91 Å². The summed E-state index contributed by atoms with van der Waals surface area (Å²) < 4.78 is 55.1. The van der Waals surface area contributed by atoms with Gasteiger partial charge in [-0.3, -0.25) is 4.79 Å². The fourth-order valence-corrected chi connectivity index (χ4v) is 2.63. The normalized spacial score (nSPS) is 22.0. The molecule has 9 heteroatoms. The molecular weight excluding hydrogens is 346 g/mol. The first-order valence-corrected chi connectivity index (χ1v) is 7.75. The first kappa shape index (κ1) is 19.5. The molecule has 0 radical (unpaired) electrons. The zero-order valence-electron chi connectivity index (χ0n) is 13.3. The third-order valence-corrected chi connectivity index (χ3v) is 4.12. The Labute approximate surface area is 141 Å². The maximum atomic E-state index is 13.2. The summed E-state index contributed by atoms with van der Waals surface area (Å²) in [5.41, 5.74) is -1.56. The number of likely N-dealkylation sites (tertiary alicyclic amines) is 1. The number of hydrogen-bond donors (Lipinski definition) is 2. The summed E-state index contributed by atoms with van der Waals surface area (Å²) in [7, 11) is 0. The summed E-state index contributed by atoms with van der Waals surface area (Å²) in [6.45, 7) is -0.120. The number of hydrogen-bond acceptors (Lipinski definition) is 4. The Morgan fingerprint density at radius 3 is 2.60 bits per heavy atom. The van der Waals surface area contributed by atoms with E-state index in [1.54, 1.807) is 0 Å². The molecule has 0 saturated carbocycles. The lowest BCUT2D eigenvalue weighted by Gasteiger charge is -2.25. The third kappa shape index (κ3) is 4.60. The fraction of sp³-hybridized carbons (Fsp3) is 0.562. The molecule has 0 aliphatic carbocycles. The molecule has 2 N–H and O–H groups in total. The van der Waals surface area contributed by atoms with E-state index in [-0.39, 0.29) is 31.5 Å². The van der Waals surface area contributed by atoms with Crippen molar-refractivity contribution in [2.45, 2.75) is 37.4 Å². The molecule has 1 aromatic carbocycles. The van der Waals surface area contributed by atoms with Crippen molar-refractivity contribution in [3.8, 4) is 5.75 Å². The van der Waals surface area contributed by atoms with Crippen LogP contribution in [0.1, 0.15) is 29.6 Å². The summed E-state index contributed by atoms with van der Waals surface area (Å²) in [4.78, 5) is 13.9. The summed E-state index contributed by atoms with van der Waals surface area (Å²) in [5, 5.41) is 19.3. The Morgan fingerprint density at radius 1 is 1.28 bits per heavy atom. The van der Waals surface area contributed by atoms with Gasteiger partial charge in [-0.25, -0.2) is 0 Å². The van der Waals surface area contributed by atoms with Gasteiger partial charge in [0, 0.05) is 13.1 Å². The summed E-state index contributed by atoms with van der Waals surface area (Å²) >= 11 is 0. The Balaban J connectivity index is 2.20. The molecule has 1 amide bonds. The summed E-state index contributed by atoms with van der Waals surface area (Å²) in [6.07, 6.45) is -7.94. The molecule has 1 saturated heterocycles. The number of aliphatic hydroxyl groups excluding tert-OH is 1. The predicted octanol–water partition coefficient (Wildman–Crippen LogP) is 2.27. The minimum absolute atomic E-state index is 0.0927. The van der Waals surface area contributed by atoms with Crippen molar-refractivity contribution in [3.05, 3.63) is 29.8 Å². The summed E-state index contributed by atoms with van der Waals surface area (Å²) in [5.74, 6) is -1.30. The van der Waals surface area contributed by atoms with Gasteiger partial charge in [0.25, 0.3) is 5.91 Å². The molecule has 1 atom stereocenters. The van der Waals surface area contributed by atoms with Gasteiger partial charge >= 0.3 is 12.5 Å². The van der Waals surface area contributed by atoms with E-state index in [2.05, 4.69) is 4.74 Å². The molecule has 0 spiro atoms. The number of rotatable bonds is 5. The largest absolute Gasteiger partial charge is 0.461 e. The van der Waals surface area contributed by atoms with E-state index >= 15 is 0 Å². The maximum absolute atomic E-state index is 13.2. The smallest absolute Gasteiger partial charge is 0.427 e. The Kier molecular flexibility index (Phi) is 5.89. The number of ether oxygens (including phenoxy) is 1. The van der Waals surface area contributed by atoms with E-state index in [4.69, 9.17) is 0 Å². The van der Waals surface area contributed by atoms with Crippen LogP contribution < -0.4 is 4.74 Å². The molecule has 0 aromatic heterocycles. The second-order valence-corrected chi connectivity index (χ2v) is 5.99. The Morgan fingerprint density at radius 2 is 1.96 bits per heavy atom. The monoisotopic (exact) mass is 365 g/mol. The standard InChI is InChI=1S/C16H19F4NO4/c17-14(18)16(19,20)25-12-5-2-1-4-11(12)13(23)21-8-3-6-15(24,10-22)7-9-21/h1-2,4-5,14,22,24H,3,6-10H2/t15-/m0/s1. The SMILES string of the molecule is O=C(c1ccccc1OC(F)(F)C(F)F)N1CCC[C@@](O)(CO)CC1. The molecule has 1 aliphatic rings. The molecule has 1 fully saturated rings. The quantitative estimate of drug-likeness (QED) is 0.786. The van der Waals surface area contributed by atoms with E-state index < -0.39 is 36.4 Å². The zero-order chi connectivity index (χ0) is 18.7. The number of halogens is 4. The van der Waals surface area contributed by atoms with E-state index in [0.717, 1.165) is 6.07 Å². The number of amides is 1. The second kappa shape index (κ2) is 7.57. The van der Waals surface area contributed by atoms with Crippen LogP contribution >= 0.6 is 0 Å². The Hall–Kier alpha value is -1.87. The molecule has 0 bridgehead atoms. The number of carbonyl (C=O) groups is 1. The van der Waals surface area contributed by atoms with E-state index in [9.17, 15) is 32.6 Å². The highest BCUT2D eigenvalue weighted by atomic mass is 19.3. The Bertz CT molecular complexity index is 614. The predicted molar refractivity (Wildman–Crippen MR) is 79.8 cm³/mol. The molecule has 25 heavy (non-hydrogen) atoms. The highest BCUT2D eigenvalue weighted by molar-refractivity contribution is 5.97. The van der Waals surface area contributed by atoms with Gasteiger partial charge < -0.3 is 19.8 Å². The van der Waals surface area contributed by atoms with Gasteiger partial charge in [-0.05, 0) is 31.4 Å². The fourth-order valence-electron chi connectivity index (χ4n) is 2.63. The second-order valence-electron chi connectivity index (χ2n) is 5.99. The van der Waals surface area contributed by atoms with Crippen LogP contribution in [0.2, 0.25) is 0 Å². The van der Waals surface area contributed by atoms with Crippen LogP contribution in [0.3, 0.4) is 0 Å². The number of para-hydroxylation sites is 1. The topological polar surface area (TPSA) is 70.0 Å². The molecule has 0 unspecified atom stereocenters. The van der Waals surface area contributed by atoms with Gasteiger partial charge in [-0.1, -0.05) is 12.1 Å². The number of aliphatic hydroxyl groups is 2. The van der Waals surface area contributed by atoms with Gasteiger partial charge in [-0.2, -0.15) is 17.6 Å². The van der Waals surface area contributed by atoms with Gasteiger partial charge in [0.2, 0.25) is 0 Å². The minimum Gasteiger partial charge on any atom is -0.427 e. The highest BCUT2D eigenvalue weighted by Gasteiger charge is 2.44. The zero-order valence-corrected chi connectivity index (χ0v) is 13.3. The summed E-state index contributed by atoms with van der Waals surface area (Å²) in [6, 6.07) is 4.93. The number of nitrogens with zero attached hydrogens (tertiary/aromatic N) is 1. The van der Waals surface area contributed by atoms with Crippen LogP contribution in [0.25, 0.3) is 0 Å². The van der Waals surface area contributed by atoms with E-state index in [0.29, 0.717) is 6.42 Å². The van der Waals surface area contributed by atoms with Crippen LogP contribution in [-0.4, -0.2) is 58.9 Å². The van der Waals surface area contributed by atoms with Crippen LogP contribution in [0.15, 0.2) is 24.3 Å². The van der Waals surface area contributed by atoms with Crippen molar-refractivity contribution in [1.29, 1.82) is 0 Å². The van der Waals surface area contributed by atoms with Crippen molar-refractivity contribution in [2.24, 2.45) is 0 Å². The van der Waals surface area contributed by atoms with Gasteiger partial charge in [0.05, 0.1) is 17.8 Å².